The molecule has 12 heteroatoms. The molecule has 0 radical (unpaired) electrons. The van der Waals surface area contributed by atoms with Gasteiger partial charge in [0.15, 0.2) is 0 Å². The lowest BCUT2D eigenvalue weighted by molar-refractivity contribution is -0.136. The Kier molecular flexibility index (Phi) is 5.35. The van der Waals surface area contributed by atoms with Crippen molar-refractivity contribution in [2.45, 2.75) is 31.3 Å². The Bertz CT molecular complexity index is 1220. The molecule has 0 bridgehead atoms. The number of nitrogens with one attached hydrogen (secondary N) is 1. The number of sulfonamides is 2. The van der Waals surface area contributed by atoms with Crippen LogP contribution in [-0.4, -0.2) is 28.5 Å². The van der Waals surface area contributed by atoms with Crippen molar-refractivity contribution in [2.75, 3.05) is 14.8 Å². The molecule has 1 heterocycles. The Balaban J connectivity index is 2.06. The van der Waals surface area contributed by atoms with E-state index in [0.29, 0.717) is 4.31 Å². The molecule has 1 N–H and O–H groups in total. The number of anilines is 2. The highest BCUT2D eigenvalue weighted by Gasteiger charge is 2.38. The number of carbonyl (C=O) groups is 1. The number of hydrogen-bond donors (Lipinski definition) is 1. The number of benzene rings is 2. The monoisotopic (exact) mass is 462 g/mol. The predicted octanol–water partition coefficient (Wildman–Crippen LogP) is 3.19. The Morgan fingerprint density at radius 1 is 1.07 bits per heavy atom. The Labute approximate surface area is 171 Å². The first-order chi connectivity index (χ1) is 13.7. The van der Waals surface area contributed by atoms with Crippen molar-refractivity contribution in [1.82, 2.24) is 0 Å². The number of hydrogen-bond acceptors (Lipinski definition) is 5. The van der Waals surface area contributed by atoms with Crippen LogP contribution in [0.1, 0.15) is 23.1 Å². The van der Waals surface area contributed by atoms with Crippen LogP contribution in [0.5, 0.6) is 0 Å². The van der Waals surface area contributed by atoms with E-state index in [4.69, 9.17) is 0 Å². The van der Waals surface area contributed by atoms with E-state index < -0.39 is 43.4 Å². The quantitative estimate of drug-likeness (QED) is 0.752. The highest BCUT2D eigenvalue weighted by molar-refractivity contribution is 7.94. The van der Waals surface area contributed by atoms with Crippen molar-refractivity contribution >= 4 is 37.3 Å². The maximum absolute atomic E-state index is 13.2. The average Bonchev–Trinajstić information content (AvgIpc) is 2.85. The zero-order valence-corrected chi connectivity index (χ0v) is 17.5. The molecule has 2 aromatic carbocycles. The van der Waals surface area contributed by atoms with Gasteiger partial charge in [-0.1, -0.05) is 12.1 Å². The van der Waals surface area contributed by atoms with Crippen LogP contribution in [0.2, 0.25) is 0 Å². The van der Waals surface area contributed by atoms with E-state index in [1.807, 2.05) is 4.72 Å². The van der Waals surface area contributed by atoms with Gasteiger partial charge in [0.2, 0.25) is 15.9 Å². The van der Waals surface area contributed by atoms with Crippen molar-refractivity contribution in [2.24, 2.45) is 0 Å². The topological polar surface area (TPSA) is 101 Å². The van der Waals surface area contributed by atoms with Crippen LogP contribution >= 0.6 is 0 Å². The maximum atomic E-state index is 13.2. The number of rotatable bonds is 4. The van der Waals surface area contributed by atoms with Crippen LogP contribution in [0.15, 0.2) is 41.3 Å². The van der Waals surface area contributed by atoms with Crippen molar-refractivity contribution < 1.29 is 34.8 Å². The van der Waals surface area contributed by atoms with Crippen LogP contribution in [0.25, 0.3) is 0 Å². The third-order valence-corrected chi connectivity index (χ3v) is 7.86. The Hall–Kier alpha value is -2.60. The number of halogens is 3. The van der Waals surface area contributed by atoms with Gasteiger partial charge < -0.3 is 0 Å². The van der Waals surface area contributed by atoms with Crippen molar-refractivity contribution in [3.05, 3.63) is 53.1 Å². The van der Waals surface area contributed by atoms with Crippen molar-refractivity contribution in [3.63, 3.8) is 0 Å². The van der Waals surface area contributed by atoms with Gasteiger partial charge in [-0.3, -0.25) is 9.52 Å². The van der Waals surface area contributed by atoms with Gasteiger partial charge in [-0.15, -0.1) is 0 Å². The fourth-order valence-corrected chi connectivity index (χ4v) is 6.33. The van der Waals surface area contributed by atoms with E-state index in [-0.39, 0.29) is 33.9 Å². The molecule has 162 valence electrons. The smallest absolute Gasteiger partial charge is 0.279 e. The fourth-order valence-electron chi connectivity index (χ4n) is 3.35. The van der Waals surface area contributed by atoms with E-state index in [1.54, 1.807) is 0 Å². The van der Waals surface area contributed by atoms with E-state index in [0.717, 1.165) is 18.2 Å². The number of para-hydroxylation sites is 1. The van der Waals surface area contributed by atoms with Crippen LogP contribution in [0.4, 0.5) is 24.5 Å². The van der Waals surface area contributed by atoms with Gasteiger partial charge in [-0.2, -0.15) is 13.2 Å². The second-order valence-electron chi connectivity index (χ2n) is 6.78. The predicted molar refractivity (Wildman–Crippen MR) is 104 cm³/mol. The molecule has 1 amide bonds. The van der Waals surface area contributed by atoms with Gasteiger partial charge in [-0.05, 0) is 49.2 Å². The summed E-state index contributed by atoms with van der Waals surface area (Å²) in [7, 11) is -8.29. The van der Waals surface area contributed by atoms with Gasteiger partial charge in [0.05, 0.1) is 27.6 Å². The summed E-state index contributed by atoms with van der Waals surface area (Å²) in [4.78, 5) is 11.7. The maximum Gasteiger partial charge on any atom is 0.418 e. The highest BCUT2D eigenvalue weighted by atomic mass is 32.2. The Morgan fingerprint density at radius 2 is 1.63 bits per heavy atom. The summed E-state index contributed by atoms with van der Waals surface area (Å²) in [6.45, 7) is 2.74. The molecule has 1 aliphatic heterocycles. The molecule has 3 rings (SSSR count). The third kappa shape index (κ3) is 4.01. The first-order valence-electron chi connectivity index (χ1n) is 8.60. The van der Waals surface area contributed by atoms with Crippen molar-refractivity contribution in [1.29, 1.82) is 0 Å². The molecule has 1 fully saturated rings. The summed E-state index contributed by atoms with van der Waals surface area (Å²) in [5, 5.41) is 0. The van der Waals surface area contributed by atoms with Crippen LogP contribution in [0.3, 0.4) is 0 Å². The second-order valence-corrected chi connectivity index (χ2v) is 10.3. The minimum atomic E-state index is -4.77. The average molecular weight is 462 g/mol. The zero-order chi connectivity index (χ0) is 22.5. The van der Waals surface area contributed by atoms with Gasteiger partial charge >= 0.3 is 6.18 Å². The SMILES string of the molecule is Cc1cc(N2C(=O)CCS2(=O)=O)cc(C)c1S(=O)(=O)Nc1ccccc1C(F)(F)F. The van der Waals surface area contributed by atoms with Crippen LogP contribution in [-0.2, 0) is 31.0 Å². The van der Waals surface area contributed by atoms with E-state index in [1.165, 1.54) is 32.0 Å². The number of amides is 1. The second kappa shape index (κ2) is 7.27. The van der Waals surface area contributed by atoms with Crippen LogP contribution < -0.4 is 9.03 Å². The zero-order valence-electron chi connectivity index (χ0n) is 15.8. The molecule has 0 aromatic heterocycles. The summed E-state index contributed by atoms with van der Waals surface area (Å²) in [5.74, 6) is -0.985. The van der Waals surface area contributed by atoms with Gasteiger partial charge in [0.1, 0.15) is 0 Å². The molecule has 0 spiro atoms. The molecular weight excluding hydrogens is 445 g/mol. The molecule has 0 saturated carbocycles. The molecule has 1 saturated heterocycles. The molecule has 7 nitrogen and oxygen atoms in total. The molecular formula is C18H17F3N2O5S2. The standard InChI is InChI=1S/C18H17F3N2O5S2/c1-11-9-13(23-16(24)7-8-29(23,25)26)10-12(2)17(11)30(27,28)22-15-6-4-3-5-14(15)18(19,20)21/h3-6,9-10,22H,7-8H2,1-2H3. The first kappa shape index (κ1) is 22.1. The lowest BCUT2D eigenvalue weighted by Crippen LogP contribution is -2.29. The minimum Gasteiger partial charge on any atom is -0.279 e. The van der Waals surface area contributed by atoms with Gasteiger partial charge in [0, 0.05) is 6.42 Å². The van der Waals surface area contributed by atoms with Crippen molar-refractivity contribution in [3.8, 4) is 0 Å². The summed E-state index contributed by atoms with van der Waals surface area (Å²) >= 11 is 0. The molecule has 2 aromatic rings. The van der Waals surface area contributed by atoms with E-state index >= 15 is 0 Å². The van der Waals surface area contributed by atoms with Crippen LogP contribution in [0, 0.1) is 13.8 Å². The number of nitrogens with zero attached hydrogens (tertiary/aromatic N) is 1. The number of alkyl halides is 3. The van der Waals surface area contributed by atoms with E-state index in [2.05, 4.69) is 0 Å². The molecule has 1 aliphatic rings. The summed E-state index contributed by atoms with van der Waals surface area (Å²) in [5.41, 5.74) is -1.63. The van der Waals surface area contributed by atoms with E-state index in [9.17, 15) is 34.8 Å². The molecule has 0 atom stereocenters. The molecule has 0 unspecified atom stereocenters. The third-order valence-electron chi connectivity index (χ3n) is 4.50. The summed E-state index contributed by atoms with van der Waals surface area (Å²) < 4.78 is 92.1. The van der Waals surface area contributed by atoms with Gasteiger partial charge in [-0.25, -0.2) is 21.1 Å². The minimum absolute atomic E-state index is 0.0119. The lowest BCUT2D eigenvalue weighted by atomic mass is 10.1. The molecule has 0 aliphatic carbocycles. The number of carbonyl (C=O) groups excluding carboxylic acids is 1. The highest BCUT2D eigenvalue weighted by Crippen LogP contribution is 2.37. The summed E-state index contributed by atoms with van der Waals surface area (Å²) in [6.07, 6.45) is -4.95. The lowest BCUT2D eigenvalue weighted by Gasteiger charge is -2.20. The number of aryl methyl sites for hydroxylation is 2. The largest absolute Gasteiger partial charge is 0.418 e. The molecule has 30 heavy (non-hydrogen) atoms. The fraction of sp³-hybridized carbons (Fsp3) is 0.278. The Morgan fingerprint density at radius 3 is 2.13 bits per heavy atom. The van der Waals surface area contributed by atoms with Gasteiger partial charge in [0.25, 0.3) is 10.0 Å². The normalized spacial score (nSPS) is 16.7. The summed E-state index contributed by atoms with van der Waals surface area (Å²) in [6, 6.07) is 6.56. The first-order valence-corrected chi connectivity index (χ1v) is 11.7.